The lowest BCUT2D eigenvalue weighted by Crippen LogP contribution is -2.41. The molecule has 0 aliphatic carbocycles. The summed E-state index contributed by atoms with van der Waals surface area (Å²) in [5, 5.41) is 12.7. The van der Waals surface area contributed by atoms with Crippen molar-refractivity contribution in [1.29, 1.82) is 5.26 Å². The van der Waals surface area contributed by atoms with Crippen molar-refractivity contribution >= 4 is 39.3 Å². The highest BCUT2D eigenvalue weighted by atomic mass is 79.9. The van der Waals surface area contributed by atoms with Gasteiger partial charge >= 0.3 is 5.69 Å². The predicted molar refractivity (Wildman–Crippen MR) is 153 cm³/mol. The van der Waals surface area contributed by atoms with Gasteiger partial charge in [0.15, 0.2) is 0 Å². The Hall–Kier alpha value is -4.33. The molecular formula is C29H23BrClN5O4. The van der Waals surface area contributed by atoms with E-state index in [1.807, 2.05) is 0 Å². The number of imidazole rings is 1. The number of ether oxygens (including phenoxy) is 1. The summed E-state index contributed by atoms with van der Waals surface area (Å²) in [6, 6.07) is 20.8. The van der Waals surface area contributed by atoms with E-state index in [0.717, 1.165) is 0 Å². The van der Waals surface area contributed by atoms with Crippen LogP contribution in [-0.4, -0.2) is 39.5 Å². The van der Waals surface area contributed by atoms with Crippen molar-refractivity contribution in [3.63, 3.8) is 0 Å². The van der Waals surface area contributed by atoms with Crippen LogP contribution in [0.5, 0.6) is 5.75 Å². The third kappa shape index (κ3) is 5.13. The molecule has 1 aliphatic rings. The molecule has 9 nitrogen and oxygen atoms in total. The number of hydrogen-bond acceptors (Lipinski definition) is 5. The Bertz CT molecular complexity index is 1720. The molecule has 0 saturated carbocycles. The van der Waals surface area contributed by atoms with E-state index in [1.165, 1.54) is 9.13 Å². The Balaban J connectivity index is 1.54. The molecule has 5 rings (SSSR count). The van der Waals surface area contributed by atoms with Gasteiger partial charge < -0.3 is 15.0 Å². The summed E-state index contributed by atoms with van der Waals surface area (Å²) < 4.78 is 8.80. The Morgan fingerprint density at radius 3 is 2.55 bits per heavy atom. The molecule has 40 heavy (non-hydrogen) atoms. The van der Waals surface area contributed by atoms with Crippen LogP contribution in [-0.2, 0) is 19.6 Å². The van der Waals surface area contributed by atoms with Gasteiger partial charge in [0.2, 0.25) is 0 Å². The third-order valence-electron chi connectivity index (χ3n) is 6.76. The van der Waals surface area contributed by atoms with Gasteiger partial charge in [-0.25, -0.2) is 4.79 Å². The van der Waals surface area contributed by atoms with Crippen LogP contribution in [0.4, 0.5) is 0 Å². The fourth-order valence-electron chi connectivity index (χ4n) is 4.69. The molecule has 0 radical (unpaired) electrons. The minimum absolute atomic E-state index is 0.0441. The fraction of sp³-hybridized carbons (Fsp3) is 0.172. The van der Waals surface area contributed by atoms with E-state index in [0.29, 0.717) is 43.3 Å². The van der Waals surface area contributed by atoms with E-state index in [9.17, 15) is 19.6 Å². The molecular weight excluding hydrogens is 598 g/mol. The molecule has 0 saturated heterocycles. The van der Waals surface area contributed by atoms with E-state index in [2.05, 4.69) is 27.3 Å². The standard InChI is InChI=1S/C29H23BrClN5O4/c1-40-22-9-7-21(8-10-22)36-26(27(37)33-16-20-5-3-2-4-19(20)15-32)25-17-34(12-13-35(25)29(36)39)28(38)18-6-11-23(30)24(31)14-18/h2-11,14H,12-13,16-17H2,1H3,(H,33,37). The first kappa shape index (κ1) is 27.2. The molecule has 3 aromatic carbocycles. The lowest BCUT2D eigenvalue weighted by Gasteiger charge is -2.28. The van der Waals surface area contributed by atoms with Crippen molar-refractivity contribution in [3.05, 3.63) is 115 Å². The molecule has 4 aromatic rings. The number of hydrogen-bond donors (Lipinski definition) is 1. The Kier molecular flexibility index (Phi) is 7.78. The van der Waals surface area contributed by atoms with E-state index >= 15 is 0 Å². The Morgan fingerprint density at radius 2 is 1.85 bits per heavy atom. The molecule has 11 heteroatoms. The number of carbonyl (C=O) groups excluding carboxylic acids is 2. The maximum absolute atomic E-state index is 13.7. The molecule has 0 bridgehead atoms. The zero-order chi connectivity index (χ0) is 28.4. The minimum atomic E-state index is -0.504. The number of rotatable bonds is 6. The normalized spacial score (nSPS) is 12.4. The van der Waals surface area contributed by atoms with E-state index in [-0.39, 0.29) is 43.5 Å². The smallest absolute Gasteiger partial charge is 0.333 e. The summed E-state index contributed by atoms with van der Waals surface area (Å²) >= 11 is 9.55. The number of benzene rings is 3. The molecule has 202 valence electrons. The average Bonchev–Trinajstić information content (AvgIpc) is 3.28. The molecule has 1 aromatic heterocycles. The highest BCUT2D eigenvalue weighted by Crippen LogP contribution is 2.26. The van der Waals surface area contributed by atoms with Crippen LogP contribution >= 0.6 is 27.5 Å². The maximum atomic E-state index is 13.7. The molecule has 1 aliphatic heterocycles. The highest BCUT2D eigenvalue weighted by Gasteiger charge is 2.32. The summed E-state index contributed by atoms with van der Waals surface area (Å²) in [7, 11) is 1.54. The number of methoxy groups -OCH3 is 1. The molecule has 1 N–H and O–H groups in total. The predicted octanol–water partition coefficient (Wildman–Crippen LogP) is 4.52. The topological polar surface area (TPSA) is 109 Å². The number of nitriles is 1. The number of carbonyl (C=O) groups is 2. The molecule has 0 spiro atoms. The van der Waals surface area contributed by atoms with Crippen LogP contribution in [0.25, 0.3) is 5.69 Å². The maximum Gasteiger partial charge on any atom is 0.333 e. The number of fused-ring (bicyclic) bond motifs is 1. The molecule has 0 unspecified atom stereocenters. The molecule has 2 heterocycles. The highest BCUT2D eigenvalue weighted by molar-refractivity contribution is 9.10. The largest absolute Gasteiger partial charge is 0.497 e. The summed E-state index contributed by atoms with van der Waals surface area (Å²) in [4.78, 5) is 42.3. The number of aromatic nitrogens is 2. The van der Waals surface area contributed by atoms with Crippen molar-refractivity contribution in [3.8, 4) is 17.5 Å². The summed E-state index contributed by atoms with van der Waals surface area (Å²) in [6.07, 6.45) is 0. The third-order valence-corrected chi connectivity index (χ3v) is 7.99. The second kappa shape index (κ2) is 11.4. The lowest BCUT2D eigenvalue weighted by atomic mass is 10.1. The Labute approximate surface area is 243 Å². The second-order valence-electron chi connectivity index (χ2n) is 9.07. The van der Waals surface area contributed by atoms with E-state index in [1.54, 1.807) is 78.7 Å². The van der Waals surface area contributed by atoms with Gasteiger partial charge in [-0.1, -0.05) is 29.8 Å². The van der Waals surface area contributed by atoms with Gasteiger partial charge in [0.25, 0.3) is 11.8 Å². The van der Waals surface area contributed by atoms with Gasteiger partial charge in [0, 0.05) is 29.7 Å². The van der Waals surface area contributed by atoms with E-state index < -0.39 is 5.91 Å². The van der Waals surface area contributed by atoms with Crippen LogP contribution in [0.3, 0.4) is 0 Å². The van der Waals surface area contributed by atoms with Gasteiger partial charge in [-0.2, -0.15) is 5.26 Å². The monoisotopic (exact) mass is 619 g/mol. The van der Waals surface area contributed by atoms with Gasteiger partial charge in [-0.3, -0.25) is 18.7 Å². The van der Waals surface area contributed by atoms with Crippen LogP contribution in [0.2, 0.25) is 5.02 Å². The SMILES string of the molecule is COc1ccc(-n2c(C(=O)NCc3ccccc3C#N)c3n(c2=O)CCN(C(=O)c2ccc(Br)c(Cl)c2)C3)cc1. The van der Waals surface area contributed by atoms with Gasteiger partial charge in [0.1, 0.15) is 11.4 Å². The first-order valence-electron chi connectivity index (χ1n) is 12.3. The quantitative estimate of drug-likeness (QED) is 0.341. The van der Waals surface area contributed by atoms with Gasteiger partial charge in [0.05, 0.1) is 41.7 Å². The van der Waals surface area contributed by atoms with Crippen molar-refractivity contribution in [2.24, 2.45) is 0 Å². The first-order chi connectivity index (χ1) is 19.3. The van der Waals surface area contributed by atoms with Gasteiger partial charge in [-0.05, 0) is 70.0 Å². The van der Waals surface area contributed by atoms with Crippen LogP contribution in [0, 0.1) is 11.3 Å². The second-order valence-corrected chi connectivity index (χ2v) is 10.3. The number of amides is 2. The fourth-order valence-corrected chi connectivity index (χ4v) is 5.12. The lowest BCUT2D eigenvalue weighted by molar-refractivity contribution is 0.0706. The average molecular weight is 621 g/mol. The summed E-state index contributed by atoms with van der Waals surface area (Å²) in [6.45, 7) is 0.625. The first-order valence-corrected chi connectivity index (χ1v) is 13.5. The van der Waals surface area contributed by atoms with Gasteiger partial charge in [-0.15, -0.1) is 0 Å². The zero-order valence-electron chi connectivity index (χ0n) is 21.4. The van der Waals surface area contributed by atoms with Crippen LogP contribution < -0.4 is 15.7 Å². The van der Waals surface area contributed by atoms with Crippen molar-refractivity contribution in [1.82, 2.24) is 19.4 Å². The Morgan fingerprint density at radius 1 is 1.10 bits per heavy atom. The van der Waals surface area contributed by atoms with Crippen molar-refractivity contribution in [2.45, 2.75) is 19.6 Å². The molecule has 2 amide bonds. The van der Waals surface area contributed by atoms with Crippen molar-refractivity contribution < 1.29 is 14.3 Å². The number of nitrogens with one attached hydrogen (secondary N) is 1. The summed E-state index contributed by atoms with van der Waals surface area (Å²) in [5.74, 6) is -0.167. The summed E-state index contributed by atoms with van der Waals surface area (Å²) in [5.41, 5.74) is 2.12. The molecule has 0 atom stereocenters. The number of nitrogens with zero attached hydrogens (tertiary/aromatic N) is 4. The number of halogens is 2. The van der Waals surface area contributed by atoms with Crippen molar-refractivity contribution in [2.75, 3.05) is 13.7 Å². The van der Waals surface area contributed by atoms with Crippen LogP contribution in [0.1, 0.15) is 37.7 Å². The minimum Gasteiger partial charge on any atom is -0.497 e. The van der Waals surface area contributed by atoms with E-state index in [4.69, 9.17) is 16.3 Å². The van der Waals surface area contributed by atoms with Crippen LogP contribution in [0.15, 0.2) is 76.0 Å². The zero-order valence-corrected chi connectivity index (χ0v) is 23.7. The molecule has 0 fully saturated rings.